The van der Waals surface area contributed by atoms with Gasteiger partial charge in [0.2, 0.25) is 0 Å². The predicted octanol–water partition coefficient (Wildman–Crippen LogP) is 6.33. The predicted molar refractivity (Wildman–Crippen MR) is 142 cm³/mol. The van der Waals surface area contributed by atoms with Crippen LogP contribution >= 0.6 is 0 Å². The van der Waals surface area contributed by atoms with Crippen molar-refractivity contribution in [2.45, 2.75) is 110 Å². The molecular weight excluding hydrogens is 442 g/mol. The topological polar surface area (TPSA) is 70.0 Å². The van der Waals surface area contributed by atoms with Crippen LogP contribution in [-0.2, 0) is 14.2 Å². The third-order valence-electron chi connectivity index (χ3n) is 6.02. The van der Waals surface area contributed by atoms with Crippen molar-refractivity contribution < 1.29 is 24.1 Å². The van der Waals surface area contributed by atoms with E-state index < -0.39 is 16.8 Å². The summed E-state index contributed by atoms with van der Waals surface area (Å²) in [5, 5.41) is 10.8. The van der Waals surface area contributed by atoms with Crippen LogP contribution < -0.4 is 4.74 Å². The van der Waals surface area contributed by atoms with Gasteiger partial charge in [-0.1, -0.05) is 18.2 Å². The lowest BCUT2D eigenvalue weighted by Crippen LogP contribution is -2.43. The number of aliphatic hydroxyl groups excluding tert-OH is 1. The van der Waals surface area contributed by atoms with E-state index in [-0.39, 0.29) is 18.3 Å². The van der Waals surface area contributed by atoms with Crippen LogP contribution in [0.2, 0.25) is 0 Å². The number of ether oxygens (including phenoxy) is 4. The minimum absolute atomic E-state index is 0.0472. The highest BCUT2D eigenvalue weighted by atomic mass is 16.5. The van der Waals surface area contributed by atoms with Crippen molar-refractivity contribution in [3.63, 3.8) is 0 Å². The largest absolute Gasteiger partial charge is 0.485 e. The molecule has 1 heterocycles. The molecule has 0 aliphatic rings. The molecule has 2 aromatic rings. The Labute approximate surface area is 212 Å². The van der Waals surface area contributed by atoms with E-state index in [1.54, 1.807) is 6.20 Å². The second-order valence-corrected chi connectivity index (χ2v) is 11.8. The van der Waals surface area contributed by atoms with Crippen LogP contribution in [0.15, 0.2) is 36.5 Å². The van der Waals surface area contributed by atoms with Crippen LogP contribution in [0.25, 0.3) is 10.9 Å². The Morgan fingerprint density at radius 3 is 2.09 bits per heavy atom. The van der Waals surface area contributed by atoms with Gasteiger partial charge in [0.05, 0.1) is 36.1 Å². The molecule has 1 aromatic heterocycles. The van der Waals surface area contributed by atoms with E-state index in [1.807, 2.05) is 51.1 Å². The molecule has 0 amide bonds. The molecule has 0 fully saturated rings. The fraction of sp³-hybridized carbons (Fsp3) is 0.690. The van der Waals surface area contributed by atoms with E-state index in [1.165, 1.54) is 0 Å². The summed E-state index contributed by atoms with van der Waals surface area (Å²) in [6.45, 7) is 19.4. The summed E-state index contributed by atoms with van der Waals surface area (Å²) >= 11 is 0. The van der Waals surface area contributed by atoms with Gasteiger partial charge in [-0.2, -0.15) is 0 Å². The number of benzene rings is 1. The van der Waals surface area contributed by atoms with E-state index in [4.69, 9.17) is 18.9 Å². The number of aromatic nitrogens is 1. The standard InChI is InChI=1S/C29H47NO5/c1-10-32-27(4,5)19-23(34-29(8,9)21-31)20-28(6,7)33-18-16-26(2,3)35-24-15-11-13-22-14-12-17-30-25(22)24/h11-15,17,23,31H,10,16,18-21H2,1-9H3. The molecule has 6 heteroatoms. The average Bonchev–Trinajstić information content (AvgIpc) is 2.72. The minimum Gasteiger partial charge on any atom is -0.485 e. The van der Waals surface area contributed by atoms with Crippen LogP contribution in [-0.4, -0.2) is 58.4 Å². The lowest BCUT2D eigenvalue weighted by Gasteiger charge is -2.38. The average molecular weight is 490 g/mol. The van der Waals surface area contributed by atoms with Gasteiger partial charge in [-0.05, 0) is 74.4 Å². The summed E-state index contributed by atoms with van der Waals surface area (Å²) in [6.07, 6.45) is 3.77. The molecule has 0 saturated heterocycles. The Morgan fingerprint density at radius 1 is 0.829 bits per heavy atom. The number of hydrogen-bond donors (Lipinski definition) is 1. The summed E-state index contributed by atoms with van der Waals surface area (Å²) in [5.41, 5.74) is -0.939. The van der Waals surface area contributed by atoms with Crippen LogP contribution in [0.3, 0.4) is 0 Å². The first-order valence-electron chi connectivity index (χ1n) is 12.8. The zero-order valence-corrected chi connectivity index (χ0v) is 23.3. The summed E-state index contributed by atoms with van der Waals surface area (Å²) in [5.74, 6) is 0.783. The summed E-state index contributed by atoms with van der Waals surface area (Å²) in [6, 6.07) is 9.97. The van der Waals surface area contributed by atoms with Gasteiger partial charge in [0.15, 0.2) is 0 Å². The number of fused-ring (bicyclic) bond motifs is 1. The van der Waals surface area contributed by atoms with Gasteiger partial charge in [-0.15, -0.1) is 0 Å². The van der Waals surface area contributed by atoms with Crippen molar-refractivity contribution in [2.24, 2.45) is 0 Å². The van der Waals surface area contributed by atoms with E-state index in [0.29, 0.717) is 26.1 Å². The molecular formula is C29H47NO5. The highest BCUT2D eigenvalue weighted by Crippen LogP contribution is 2.31. The summed E-state index contributed by atoms with van der Waals surface area (Å²) in [4.78, 5) is 4.50. The van der Waals surface area contributed by atoms with Crippen molar-refractivity contribution in [1.82, 2.24) is 4.98 Å². The van der Waals surface area contributed by atoms with Crippen molar-refractivity contribution in [3.05, 3.63) is 36.5 Å². The van der Waals surface area contributed by atoms with Gasteiger partial charge < -0.3 is 24.1 Å². The second-order valence-electron chi connectivity index (χ2n) is 11.8. The van der Waals surface area contributed by atoms with Crippen molar-refractivity contribution in [3.8, 4) is 5.75 Å². The molecule has 0 bridgehead atoms. The highest BCUT2D eigenvalue weighted by molar-refractivity contribution is 5.84. The maximum absolute atomic E-state index is 9.76. The van der Waals surface area contributed by atoms with Crippen LogP contribution in [0.5, 0.6) is 5.75 Å². The van der Waals surface area contributed by atoms with Gasteiger partial charge in [0.1, 0.15) is 16.9 Å². The first-order chi connectivity index (χ1) is 16.2. The lowest BCUT2D eigenvalue weighted by molar-refractivity contribution is -0.153. The fourth-order valence-corrected chi connectivity index (χ4v) is 4.33. The monoisotopic (exact) mass is 489 g/mol. The van der Waals surface area contributed by atoms with E-state index in [9.17, 15) is 5.11 Å². The first-order valence-corrected chi connectivity index (χ1v) is 12.8. The zero-order chi connectivity index (χ0) is 26.3. The third-order valence-corrected chi connectivity index (χ3v) is 6.02. The highest BCUT2D eigenvalue weighted by Gasteiger charge is 2.34. The molecule has 2 rings (SSSR count). The summed E-state index contributed by atoms with van der Waals surface area (Å²) < 4.78 is 25.0. The maximum Gasteiger partial charge on any atom is 0.146 e. The molecule has 1 N–H and O–H groups in total. The fourth-order valence-electron chi connectivity index (χ4n) is 4.33. The maximum atomic E-state index is 9.76. The quantitative estimate of drug-likeness (QED) is 0.315. The number of aliphatic hydroxyl groups is 1. The Hall–Kier alpha value is -1.73. The van der Waals surface area contributed by atoms with E-state index in [2.05, 4.69) is 46.5 Å². The SMILES string of the molecule is CCOC(C)(C)CC(CC(C)(C)OCCC(C)(C)Oc1cccc2cccnc12)OC(C)(C)CO. The molecule has 0 radical (unpaired) electrons. The molecule has 1 atom stereocenters. The minimum atomic E-state index is -0.634. The Kier molecular flexibility index (Phi) is 10.1. The smallest absolute Gasteiger partial charge is 0.146 e. The first kappa shape index (κ1) is 29.5. The van der Waals surface area contributed by atoms with Crippen LogP contribution in [0.1, 0.15) is 81.6 Å². The van der Waals surface area contributed by atoms with Crippen LogP contribution in [0.4, 0.5) is 0 Å². The Balaban J connectivity index is 2.00. The molecule has 1 aromatic carbocycles. The molecule has 0 aliphatic heterocycles. The molecule has 6 nitrogen and oxygen atoms in total. The third kappa shape index (κ3) is 10.0. The van der Waals surface area contributed by atoms with Crippen LogP contribution in [0, 0.1) is 0 Å². The van der Waals surface area contributed by atoms with E-state index >= 15 is 0 Å². The molecule has 0 saturated carbocycles. The molecule has 1 unspecified atom stereocenters. The molecule has 35 heavy (non-hydrogen) atoms. The molecule has 0 aliphatic carbocycles. The van der Waals surface area contributed by atoms with Crippen molar-refractivity contribution >= 4 is 10.9 Å². The van der Waals surface area contributed by atoms with Gasteiger partial charge in [-0.3, -0.25) is 4.98 Å². The van der Waals surface area contributed by atoms with Gasteiger partial charge in [0, 0.05) is 37.5 Å². The summed E-state index contributed by atoms with van der Waals surface area (Å²) in [7, 11) is 0. The number of para-hydroxylation sites is 1. The number of nitrogens with zero attached hydrogens (tertiary/aromatic N) is 1. The van der Waals surface area contributed by atoms with E-state index in [0.717, 1.165) is 23.1 Å². The number of rotatable bonds is 15. The molecule has 0 spiro atoms. The molecule has 198 valence electrons. The normalized spacial score (nSPS) is 14.3. The second kappa shape index (κ2) is 12.0. The number of hydrogen-bond acceptors (Lipinski definition) is 6. The zero-order valence-electron chi connectivity index (χ0n) is 23.3. The Bertz CT molecular complexity index is 917. The van der Waals surface area contributed by atoms with Crippen molar-refractivity contribution in [1.29, 1.82) is 0 Å². The van der Waals surface area contributed by atoms with Gasteiger partial charge in [-0.25, -0.2) is 0 Å². The van der Waals surface area contributed by atoms with Gasteiger partial charge in [0.25, 0.3) is 0 Å². The Morgan fingerprint density at radius 2 is 1.46 bits per heavy atom. The van der Waals surface area contributed by atoms with Gasteiger partial charge >= 0.3 is 0 Å². The lowest BCUT2D eigenvalue weighted by atomic mass is 9.91. The number of pyridine rings is 1. The van der Waals surface area contributed by atoms with Crippen molar-refractivity contribution in [2.75, 3.05) is 19.8 Å².